The lowest BCUT2D eigenvalue weighted by Crippen LogP contribution is -2.41. The van der Waals surface area contributed by atoms with Gasteiger partial charge in [-0.25, -0.2) is 0 Å². The summed E-state index contributed by atoms with van der Waals surface area (Å²) in [6, 6.07) is 15.0. The average Bonchev–Trinajstić information content (AvgIpc) is 3.17. The number of nitrogens with zero attached hydrogens (tertiary/aromatic N) is 4. The van der Waals surface area contributed by atoms with E-state index in [0.717, 1.165) is 11.3 Å². The highest BCUT2D eigenvalue weighted by molar-refractivity contribution is 7.99. The van der Waals surface area contributed by atoms with Crippen molar-refractivity contribution in [1.82, 2.24) is 19.7 Å². The summed E-state index contributed by atoms with van der Waals surface area (Å²) in [6.07, 6.45) is 0. The van der Waals surface area contributed by atoms with E-state index in [1.54, 1.807) is 12.1 Å². The van der Waals surface area contributed by atoms with Crippen LogP contribution in [0.4, 0.5) is 0 Å². The zero-order valence-electron chi connectivity index (χ0n) is 15.4. The average molecular weight is 449 g/mol. The predicted octanol–water partition coefficient (Wildman–Crippen LogP) is 4.19. The van der Waals surface area contributed by atoms with E-state index in [0.29, 0.717) is 47.3 Å². The van der Waals surface area contributed by atoms with Gasteiger partial charge in [0.1, 0.15) is 0 Å². The number of carbonyl (C=O) groups excluding carboxylic acids is 1. The standard InChI is InChI=1S/C20H18Cl2N4O2S/c21-14-6-7-16(17(22)12-14)19-23-24-20(26(19)15-4-2-1-3-5-15)29-13-18(27)25-8-10-28-11-9-25/h1-7,12H,8-11,13H2. The first kappa shape index (κ1) is 20.2. The third-order valence-corrected chi connectivity index (χ3v) is 5.97. The number of hydrogen-bond donors (Lipinski definition) is 0. The maximum atomic E-state index is 12.5. The Morgan fingerprint density at radius 2 is 1.83 bits per heavy atom. The highest BCUT2D eigenvalue weighted by atomic mass is 35.5. The summed E-state index contributed by atoms with van der Waals surface area (Å²) in [5, 5.41) is 10.4. The monoisotopic (exact) mass is 448 g/mol. The molecule has 1 fully saturated rings. The van der Waals surface area contributed by atoms with Crippen molar-refractivity contribution in [3.05, 3.63) is 58.6 Å². The molecule has 0 atom stereocenters. The molecule has 9 heteroatoms. The number of carbonyl (C=O) groups is 1. The predicted molar refractivity (Wildman–Crippen MR) is 115 cm³/mol. The number of ether oxygens (including phenoxy) is 1. The van der Waals surface area contributed by atoms with Crippen LogP contribution < -0.4 is 0 Å². The first-order chi connectivity index (χ1) is 14.1. The van der Waals surface area contributed by atoms with Crippen LogP contribution in [0, 0.1) is 0 Å². The largest absolute Gasteiger partial charge is 0.378 e. The second kappa shape index (κ2) is 9.17. The van der Waals surface area contributed by atoms with E-state index in [2.05, 4.69) is 10.2 Å². The van der Waals surface area contributed by atoms with E-state index in [4.69, 9.17) is 27.9 Å². The summed E-state index contributed by atoms with van der Waals surface area (Å²) in [5.74, 6) is 0.936. The summed E-state index contributed by atoms with van der Waals surface area (Å²) in [5.41, 5.74) is 1.61. The Morgan fingerprint density at radius 1 is 1.07 bits per heavy atom. The molecule has 6 nitrogen and oxygen atoms in total. The van der Waals surface area contributed by atoms with E-state index in [1.807, 2.05) is 45.9 Å². The van der Waals surface area contributed by atoms with Crippen LogP contribution in [-0.2, 0) is 9.53 Å². The minimum absolute atomic E-state index is 0.0620. The van der Waals surface area contributed by atoms with Crippen LogP contribution in [0.1, 0.15) is 0 Å². The molecule has 1 aliphatic rings. The number of para-hydroxylation sites is 1. The number of amides is 1. The van der Waals surface area contributed by atoms with Crippen molar-refractivity contribution < 1.29 is 9.53 Å². The van der Waals surface area contributed by atoms with E-state index in [9.17, 15) is 4.79 Å². The molecule has 1 aliphatic heterocycles. The van der Waals surface area contributed by atoms with Crippen LogP contribution in [0.5, 0.6) is 0 Å². The molecule has 0 radical (unpaired) electrons. The number of hydrogen-bond acceptors (Lipinski definition) is 5. The van der Waals surface area contributed by atoms with Gasteiger partial charge in [-0.3, -0.25) is 9.36 Å². The van der Waals surface area contributed by atoms with Gasteiger partial charge < -0.3 is 9.64 Å². The molecule has 2 heterocycles. The van der Waals surface area contributed by atoms with Crippen LogP contribution in [-0.4, -0.2) is 57.6 Å². The van der Waals surface area contributed by atoms with Crippen LogP contribution in [0.25, 0.3) is 17.1 Å². The number of thioether (sulfide) groups is 1. The zero-order chi connectivity index (χ0) is 20.2. The number of rotatable bonds is 5. The lowest BCUT2D eigenvalue weighted by Gasteiger charge is -2.26. The molecule has 2 aromatic carbocycles. The van der Waals surface area contributed by atoms with Gasteiger partial charge in [-0.1, -0.05) is 53.2 Å². The van der Waals surface area contributed by atoms with Crippen molar-refractivity contribution in [1.29, 1.82) is 0 Å². The fourth-order valence-electron chi connectivity index (χ4n) is 3.05. The molecule has 1 aromatic heterocycles. The van der Waals surface area contributed by atoms with E-state index >= 15 is 0 Å². The van der Waals surface area contributed by atoms with Gasteiger partial charge in [0.05, 0.1) is 24.0 Å². The van der Waals surface area contributed by atoms with Gasteiger partial charge in [-0.2, -0.15) is 0 Å². The van der Waals surface area contributed by atoms with Gasteiger partial charge in [0.15, 0.2) is 11.0 Å². The molecule has 0 unspecified atom stereocenters. The van der Waals surface area contributed by atoms with Crippen molar-refractivity contribution >= 4 is 40.9 Å². The van der Waals surface area contributed by atoms with E-state index < -0.39 is 0 Å². The second-order valence-electron chi connectivity index (χ2n) is 6.38. The molecule has 0 aliphatic carbocycles. The molecule has 1 amide bonds. The SMILES string of the molecule is O=C(CSc1nnc(-c2ccc(Cl)cc2Cl)n1-c1ccccc1)N1CCOCC1. The maximum Gasteiger partial charge on any atom is 0.233 e. The summed E-state index contributed by atoms with van der Waals surface area (Å²) in [4.78, 5) is 14.4. The van der Waals surface area contributed by atoms with Crippen molar-refractivity contribution in [2.75, 3.05) is 32.1 Å². The molecule has 3 aromatic rings. The molecular formula is C20H18Cl2N4O2S. The normalized spacial score (nSPS) is 14.2. The molecule has 0 saturated carbocycles. The van der Waals surface area contributed by atoms with Crippen LogP contribution >= 0.6 is 35.0 Å². The smallest absolute Gasteiger partial charge is 0.233 e. The van der Waals surface area contributed by atoms with E-state index in [1.165, 1.54) is 11.8 Å². The van der Waals surface area contributed by atoms with Gasteiger partial charge in [0.2, 0.25) is 5.91 Å². The van der Waals surface area contributed by atoms with Crippen molar-refractivity contribution in [3.8, 4) is 17.1 Å². The Hall–Kier alpha value is -2.06. The number of benzene rings is 2. The molecule has 0 spiro atoms. The van der Waals surface area contributed by atoms with Gasteiger partial charge in [-0.15, -0.1) is 10.2 Å². The van der Waals surface area contributed by atoms with Gasteiger partial charge in [-0.05, 0) is 30.3 Å². The third kappa shape index (κ3) is 4.59. The minimum Gasteiger partial charge on any atom is -0.378 e. The van der Waals surface area contributed by atoms with Crippen molar-refractivity contribution in [2.24, 2.45) is 0 Å². The minimum atomic E-state index is 0.0620. The Labute approximate surface area is 182 Å². The summed E-state index contributed by atoms with van der Waals surface area (Å²) >= 11 is 13.8. The fraction of sp³-hybridized carbons (Fsp3) is 0.250. The summed E-state index contributed by atoms with van der Waals surface area (Å²) < 4.78 is 7.22. The lowest BCUT2D eigenvalue weighted by molar-refractivity contribution is -0.132. The van der Waals surface area contributed by atoms with E-state index in [-0.39, 0.29) is 11.7 Å². The molecule has 150 valence electrons. The maximum absolute atomic E-state index is 12.5. The zero-order valence-corrected chi connectivity index (χ0v) is 17.8. The summed E-state index contributed by atoms with van der Waals surface area (Å²) in [7, 11) is 0. The quantitative estimate of drug-likeness (QED) is 0.547. The first-order valence-electron chi connectivity index (χ1n) is 9.08. The third-order valence-electron chi connectivity index (χ3n) is 4.51. The Morgan fingerprint density at radius 3 is 2.55 bits per heavy atom. The second-order valence-corrected chi connectivity index (χ2v) is 8.17. The lowest BCUT2D eigenvalue weighted by atomic mass is 10.2. The molecule has 29 heavy (non-hydrogen) atoms. The van der Waals surface area contributed by atoms with Crippen LogP contribution in [0.15, 0.2) is 53.7 Å². The Balaban J connectivity index is 1.65. The molecule has 4 rings (SSSR count). The van der Waals surface area contributed by atoms with Crippen LogP contribution in [0.3, 0.4) is 0 Å². The molecule has 0 N–H and O–H groups in total. The first-order valence-corrected chi connectivity index (χ1v) is 10.8. The summed E-state index contributed by atoms with van der Waals surface area (Å²) in [6.45, 7) is 2.40. The van der Waals surface area contributed by atoms with Gasteiger partial charge >= 0.3 is 0 Å². The highest BCUT2D eigenvalue weighted by Gasteiger charge is 2.21. The van der Waals surface area contributed by atoms with Gasteiger partial charge in [0.25, 0.3) is 0 Å². The number of aromatic nitrogens is 3. The number of halogens is 2. The molecule has 1 saturated heterocycles. The van der Waals surface area contributed by atoms with Crippen LogP contribution in [0.2, 0.25) is 10.0 Å². The van der Waals surface area contributed by atoms with Crippen molar-refractivity contribution in [2.45, 2.75) is 5.16 Å². The Kier molecular flexibility index (Phi) is 6.40. The molecule has 0 bridgehead atoms. The fourth-order valence-corrected chi connectivity index (χ4v) is 4.40. The Bertz CT molecular complexity index is 1010. The van der Waals surface area contributed by atoms with Gasteiger partial charge in [0, 0.05) is 29.4 Å². The highest BCUT2D eigenvalue weighted by Crippen LogP contribution is 2.33. The molecular weight excluding hydrogens is 431 g/mol. The van der Waals surface area contributed by atoms with Crippen molar-refractivity contribution in [3.63, 3.8) is 0 Å². The topological polar surface area (TPSA) is 60.2 Å². The number of morpholine rings is 1.